The quantitative estimate of drug-likeness (QED) is 0.795. The van der Waals surface area contributed by atoms with Crippen molar-refractivity contribution in [3.63, 3.8) is 0 Å². The van der Waals surface area contributed by atoms with Crippen molar-refractivity contribution < 1.29 is 9.84 Å². The molecule has 0 amide bonds. The number of hydrogen-bond acceptors (Lipinski definition) is 4. The largest absolute Gasteiger partial charge is 0.388 e. The highest BCUT2D eigenvalue weighted by Crippen LogP contribution is 2.27. The zero-order valence-electron chi connectivity index (χ0n) is 9.55. The lowest BCUT2D eigenvalue weighted by Crippen LogP contribution is -2.34. The van der Waals surface area contributed by atoms with Crippen molar-refractivity contribution in [2.45, 2.75) is 38.5 Å². The Labute approximate surface area is 97.9 Å². The predicted molar refractivity (Wildman–Crippen MR) is 60.1 cm³/mol. The number of aromatic nitrogens is 2. The van der Waals surface area contributed by atoms with Gasteiger partial charge < -0.3 is 9.84 Å². The molecule has 93 valence electrons. The van der Waals surface area contributed by atoms with Crippen LogP contribution in [0.2, 0.25) is 0 Å². The molecule has 0 spiro atoms. The van der Waals surface area contributed by atoms with Gasteiger partial charge in [-0.2, -0.15) is 0 Å². The number of aliphatic hydroxyl groups is 1. The third kappa shape index (κ3) is 2.32. The van der Waals surface area contributed by atoms with Gasteiger partial charge in [-0.15, -0.1) is 0 Å². The van der Waals surface area contributed by atoms with E-state index in [0.717, 1.165) is 6.61 Å². The van der Waals surface area contributed by atoms with Gasteiger partial charge in [-0.3, -0.25) is 14.3 Å². The predicted octanol–water partition coefficient (Wildman–Crippen LogP) is 0.311. The zero-order chi connectivity index (χ0) is 12.4. The van der Waals surface area contributed by atoms with Crippen molar-refractivity contribution in [2.24, 2.45) is 0 Å². The Bertz CT molecular complexity index is 505. The van der Waals surface area contributed by atoms with Gasteiger partial charge in [0.15, 0.2) is 0 Å². The first kappa shape index (κ1) is 12.1. The Hall–Kier alpha value is -1.40. The number of rotatable bonds is 3. The van der Waals surface area contributed by atoms with Crippen molar-refractivity contribution in [1.29, 1.82) is 0 Å². The second kappa shape index (κ2) is 4.85. The van der Waals surface area contributed by atoms with Gasteiger partial charge in [-0.1, -0.05) is 6.92 Å². The molecular formula is C11H15N2O4. The molecule has 0 bridgehead atoms. The fourth-order valence-electron chi connectivity index (χ4n) is 1.95. The number of H-pyrrole nitrogens is 1. The minimum atomic E-state index is -0.476. The first-order valence-electron chi connectivity index (χ1n) is 5.63. The molecule has 1 saturated heterocycles. The van der Waals surface area contributed by atoms with Gasteiger partial charge in [0.2, 0.25) is 0 Å². The van der Waals surface area contributed by atoms with Crippen LogP contribution in [0.5, 0.6) is 0 Å². The molecule has 0 unspecified atom stereocenters. The Balaban J connectivity index is 2.33. The van der Waals surface area contributed by atoms with Crippen molar-refractivity contribution >= 4 is 0 Å². The van der Waals surface area contributed by atoms with Crippen molar-refractivity contribution in [3.05, 3.63) is 39.2 Å². The number of nitrogens with one attached hydrogen (secondary N) is 1. The van der Waals surface area contributed by atoms with Crippen molar-refractivity contribution in [3.8, 4) is 0 Å². The molecule has 1 fully saturated rings. The number of aromatic amines is 1. The second-order valence-corrected chi connectivity index (χ2v) is 4.03. The zero-order valence-corrected chi connectivity index (χ0v) is 9.55. The monoisotopic (exact) mass is 239 g/mol. The van der Waals surface area contributed by atoms with Gasteiger partial charge in [0.05, 0.1) is 6.10 Å². The van der Waals surface area contributed by atoms with E-state index in [-0.39, 0.29) is 11.7 Å². The van der Waals surface area contributed by atoms with Gasteiger partial charge in [0.1, 0.15) is 12.8 Å². The molecule has 2 atom stereocenters. The molecule has 6 heteroatoms. The van der Waals surface area contributed by atoms with E-state index in [1.807, 2.05) is 6.92 Å². The molecule has 0 aliphatic carbocycles. The Morgan fingerprint density at radius 3 is 2.94 bits per heavy atom. The van der Waals surface area contributed by atoms with Crippen LogP contribution in [0.4, 0.5) is 0 Å². The Morgan fingerprint density at radius 2 is 2.35 bits per heavy atom. The minimum absolute atomic E-state index is 0.344. The Kier molecular flexibility index (Phi) is 3.44. The molecule has 1 aromatic heterocycles. The molecule has 0 saturated carbocycles. The fraction of sp³-hybridized carbons (Fsp3) is 0.545. The summed E-state index contributed by atoms with van der Waals surface area (Å²) >= 11 is 0. The van der Waals surface area contributed by atoms with E-state index in [4.69, 9.17) is 9.84 Å². The average molecular weight is 239 g/mol. The summed E-state index contributed by atoms with van der Waals surface area (Å²) in [6.45, 7) is 2.83. The van der Waals surface area contributed by atoms with Crippen LogP contribution in [-0.2, 0) is 11.2 Å². The van der Waals surface area contributed by atoms with E-state index in [1.165, 1.54) is 10.8 Å². The normalized spacial score (nSPS) is 24.1. The molecule has 1 aliphatic rings. The fourth-order valence-corrected chi connectivity index (χ4v) is 1.95. The maximum absolute atomic E-state index is 11.6. The third-order valence-corrected chi connectivity index (χ3v) is 2.93. The van der Waals surface area contributed by atoms with E-state index < -0.39 is 11.9 Å². The lowest BCUT2D eigenvalue weighted by molar-refractivity contribution is -0.00438. The van der Waals surface area contributed by atoms with Crippen LogP contribution in [0.15, 0.2) is 15.8 Å². The number of nitrogens with zero attached hydrogens (tertiary/aromatic N) is 1. The SMILES string of the molecule is CCc1cn([C@H]2CC[C@@H]([CH]O)O2)c(=O)[nH]c1=O. The van der Waals surface area contributed by atoms with Crippen molar-refractivity contribution in [2.75, 3.05) is 0 Å². The van der Waals surface area contributed by atoms with Gasteiger partial charge in [0.25, 0.3) is 5.56 Å². The van der Waals surface area contributed by atoms with Gasteiger partial charge >= 0.3 is 5.69 Å². The first-order valence-corrected chi connectivity index (χ1v) is 5.63. The maximum Gasteiger partial charge on any atom is 0.330 e. The molecule has 2 heterocycles. The topological polar surface area (TPSA) is 84.3 Å². The average Bonchev–Trinajstić information content (AvgIpc) is 2.78. The molecule has 17 heavy (non-hydrogen) atoms. The molecule has 2 N–H and O–H groups in total. The van der Waals surface area contributed by atoms with E-state index in [1.54, 1.807) is 0 Å². The standard InChI is InChI=1S/C11H15N2O4/c1-2-7-5-13(11(16)12-10(7)15)9-4-3-8(6-14)17-9/h5-6,8-9,14H,2-4H2,1H3,(H,12,15,16)/t8-,9+/m0/s1. The maximum atomic E-state index is 11.6. The summed E-state index contributed by atoms with van der Waals surface area (Å²) in [6, 6.07) is 0. The summed E-state index contributed by atoms with van der Waals surface area (Å²) in [5.41, 5.74) is -0.280. The van der Waals surface area contributed by atoms with Gasteiger partial charge in [0, 0.05) is 11.8 Å². The first-order chi connectivity index (χ1) is 8.15. The van der Waals surface area contributed by atoms with Crippen molar-refractivity contribution in [1.82, 2.24) is 9.55 Å². The van der Waals surface area contributed by atoms with E-state index >= 15 is 0 Å². The summed E-state index contributed by atoms with van der Waals surface area (Å²) < 4.78 is 6.83. The van der Waals surface area contributed by atoms with Crippen LogP contribution in [0.3, 0.4) is 0 Å². The highest BCUT2D eigenvalue weighted by atomic mass is 16.5. The number of aliphatic hydroxyl groups excluding tert-OH is 1. The van der Waals surface area contributed by atoms with Crippen LogP contribution in [0.1, 0.15) is 31.6 Å². The summed E-state index contributed by atoms with van der Waals surface area (Å²) in [4.78, 5) is 25.3. The van der Waals surface area contributed by atoms with Gasteiger partial charge in [-0.05, 0) is 19.3 Å². The summed E-state index contributed by atoms with van der Waals surface area (Å²) in [6.07, 6.45) is 2.62. The molecular weight excluding hydrogens is 224 g/mol. The molecule has 6 nitrogen and oxygen atoms in total. The molecule has 1 radical (unpaired) electrons. The molecule has 1 aliphatic heterocycles. The van der Waals surface area contributed by atoms with E-state index in [2.05, 4.69) is 4.98 Å². The molecule has 0 aromatic carbocycles. The smallest absolute Gasteiger partial charge is 0.330 e. The van der Waals surface area contributed by atoms with Crippen LogP contribution in [-0.4, -0.2) is 20.8 Å². The Morgan fingerprint density at radius 1 is 1.59 bits per heavy atom. The highest BCUT2D eigenvalue weighted by Gasteiger charge is 2.27. The van der Waals surface area contributed by atoms with Gasteiger partial charge in [-0.25, -0.2) is 4.79 Å². The van der Waals surface area contributed by atoms with Crippen LogP contribution >= 0.6 is 0 Å². The summed E-state index contributed by atoms with van der Waals surface area (Å²) in [5, 5.41) is 8.85. The van der Waals surface area contributed by atoms with Crippen LogP contribution < -0.4 is 11.2 Å². The van der Waals surface area contributed by atoms with Crippen LogP contribution in [0, 0.1) is 6.61 Å². The summed E-state index contributed by atoms with van der Waals surface area (Å²) in [7, 11) is 0. The number of ether oxygens (including phenoxy) is 1. The number of aryl methyl sites for hydroxylation is 1. The summed E-state index contributed by atoms with van der Waals surface area (Å²) in [5.74, 6) is 0. The number of hydrogen-bond donors (Lipinski definition) is 2. The van der Waals surface area contributed by atoms with E-state index in [0.29, 0.717) is 24.8 Å². The van der Waals surface area contributed by atoms with Crippen LogP contribution in [0.25, 0.3) is 0 Å². The van der Waals surface area contributed by atoms with E-state index in [9.17, 15) is 9.59 Å². The third-order valence-electron chi connectivity index (χ3n) is 2.93. The molecule has 2 rings (SSSR count). The highest BCUT2D eigenvalue weighted by molar-refractivity contribution is 5.04. The second-order valence-electron chi connectivity index (χ2n) is 4.03. The molecule has 1 aromatic rings. The lowest BCUT2D eigenvalue weighted by Gasteiger charge is -2.15. The minimum Gasteiger partial charge on any atom is -0.388 e. The lowest BCUT2D eigenvalue weighted by atomic mass is 10.2.